The normalized spacial score (nSPS) is 17.2. The lowest BCUT2D eigenvalue weighted by Gasteiger charge is -2.30. The van der Waals surface area contributed by atoms with Crippen LogP contribution in [0, 0.1) is 5.92 Å². The van der Waals surface area contributed by atoms with E-state index in [1.807, 2.05) is 46.8 Å². The Kier molecular flexibility index (Phi) is 5.26. The fraction of sp³-hybridized carbons (Fsp3) is 0.381. The molecular weight excluding hydrogens is 372 g/mol. The van der Waals surface area contributed by atoms with E-state index in [2.05, 4.69) is 17.1 Å². The summed E-state index contributed by atoms with van der Waals surface area (Å²) in [6.07, 6.45) is 2.27. The van der Waals surface area contributed by atoms with Crippen molar-refractivity contribution >= 4 is 28.4 Å². The van der Waals surface area contributed by atoms with Gasteiger partial charge in [-0.3, -0.25) is 4.79 Å². The van der Waals surface area contributed by atoms with Crippen molar-refractivity contribution in [3.05, 3.63) is 36.4 Å². The lowest BCUT2D eigenvalue weighted by molar-refractivity contribution is -0.130. The second kappa shape index (κ2) is 7.83. The summed E-state index contributed by atoms with van der Waals surface area (Å²) in [5.74, 6) is 1.83. The summed E-state index contributed by atoms with van der Waals surface area (Å²) in [6, 6.07) is 11.5. The number of phenols is 1. The number of fused-ring (bicyclic) bond motifs is 1. The molecule has 2 heterocycles. The van der Waals surface area contributed by atoms with Crippen LogP contribution in [0.15, 0.2) is 41.6 Å². The van der Waals surface area contributed by atoms with Crippen molar-refractivity contribution in [1.82, 2.24) is 19.7 Å². The number of phenolic OH excluding ortho intramolecular Hbond substituents is 1. The number of likely N-dealkylation sites (tertiary alicyclic amines) is 1. The van der Waals surface area contributed by atoms with Crippen LogP contribution in [0.25, 0.3) is 22.2 Å². The first kappa shape index (κ1) is 18.8. The molecule has 1 saturated heterocycles. The Morgan fingerprint density at radius 1 is 1.25 bits per heavy atom. The van der Waals surface area contributed by atoms with Gasteiger partial charge in [-0.15, -0.1) is 10.2 Å². The van der Waals surface area contributed by atoms with Gasteiger partial charge in [0.05, 0.1) is 11.3 Å². The number of piperidine rings is 1. The molecule has 28 heavy (non-hydrogen) atoms. The highest BCUT2D eigenvalue weighted by Gasteiger charge is 2.22. The molecule has 7 heteroatoms. The number of amides is 1. The molecule has 1 atom stereocenters. The average Bonchev–Trinajstić information content (AvgIpc) is 3.06. The molecule has 1 unspecified atom stereocenters. The van der Waals surface area contributed by atoms with Crippen molar-refractivity contribution in [3.8, 4) is 17.1 Å². The Bertz CT molecular complexity index is 1020. The summed E-state index contributed by atoms with van der Waals surface area (Å²) < 4.78 is 1.83. The van der Waals surface area contributed by atoms with Gasteiger partial charge in [0.25, 0.3) is 0 Å². The van der Waals surface area contributed by atoms with Crippen LogP contribution in [0.1, 0.15) is 19.8 Å². The van der Waals surface area contributed by atoms with E-state index in [4.69, 9.17) is 0 Å². The van der Waals surface area contributed by atoms with Crippen molar-refractivity contribution < 1.29 is 9.90 Å². The Morgan fingerprint density at radius 2 is 2.00 bits per heavy atom. The molecule has 0 bridgehead atoms. The van der Waals surface area contributed by atoms with E-state index in [1.165, 1.54) is 18.2 Å². The van der Waals surface area contributed by atoms with E-state index in [0.717, 1.165) is 30.3 Å². The predicted molar refractivity (Wildman–Crippen MR) is 111 cm³/mol. The van der Waals surface area contributed by atoms with Crippen LogP contribution in [0.2, 0.25) is 0 Å². The molecule has 6 nitrogen and oxygen atoms in total. The van der Waals surface area contributed by atoms with Crippen LogP contribution in [-0.4, -0.2) is 49.5 Å². The van der Waals surface area contributed by atoms with Crippen LogP contribution in [0.5, 0.6) is 5.75 Å². The highest BCUT2D eigenvalue weighted by molar-refractivity contribution is 7.99. The van der Waals surface area contributed by atoms with Gasteiger partial charge in [-0.1, -0.05) is 43.0 Å². The van der Waals surface area contributed by atoms with Gasteiger partial charge in [-0.05, 0) is 41.7 Å². The number of nitrogens with zero attached hydrogens (tertiary/aromatic N) is 4. The highest BCUT2D eigenvalue weighted by Crippen LogP contribution is 2.33. The molecular formula is C21H24N4O2S. The number of rotatable bonds is 4. The summed E-state index contributed by atoms with van der Waals surface area (Å²) >= 11 is 1.39. The highest BCUT2D eigenvalue weighted by atomic mass is 32.2. The third-order valence-electron chi connectivity index (χ3n) is 5.27. The molecule has 1 aliphatic heterocycles. The molecule has 146 valence electrons. The van der Waals surface area contributed by atoms with Crippen LogP contribution >= 0.6 is 11.8 Å². The number of thioether (sulfide) groups is 1. The molecule has 1 amide bonds. The number of hydrogen-bond acceptors (Lipinski definition) is 5. The largest absolute Gasteiger partial charge is 0.507 e. The van der Waals surface area contributed by atoms with Gasteiger partial charge in [0.1, 0.15) is 5.75 Å². The average molecular weight is 397 g/mol. The summed E-state index contributed by atoms with van der Waals surface area (Å²) in [5, 5.41) is 21.6. The molecule has 0 aliphatic carbocycles. The monoisotopic (exact) mass is 396 g/mol. The molecule has 1 aromatic heterocycles. The molecule has 0 spiro atoms. The van der Waals surface area contributed by atoms with Gasteiger partial charge in [0.15, 0.2) is 11.0 Å². The van der Waals surface area contributed by atoms with E-state index in [1.54, 1.807) is 6.07 Å². The molecule has 0 saturated carbocycles. The number of carbonyl (C=O) groups excluding carboxylic acids is 1. The topological polar surface area (TPSA) is 71.2 Å². The molecule has 3 aromatic rings. The maximum absolute atomic E-state index is 12.5. The van der Waals surface area contributed by atoms with Crippen molar-refractivity contribution in [2.24, 2.45) is 13.0 Å². The Hall–Kier alpha value is -2.54. The minimum atomic E-state index is 0.148. The van der Waals surface area contributed by atoms with E-state index < -0.39 is 0 Å². The van der Waals surface area contributed by atoms with E-state index in [-0.39, 0.29) is 11.7 Å². The first-order valence-corrected chi connectivity index (χ1v) is 10.5. The van der Waals surface area contributed by atoms with Gasteiger partial charge in [0, 0.05) is 20.1 Å². The molecule has 2 aromatic carbocycles. The van der Waals surface area contributed by atoms with Gasteiger partial charge >= 0.3 is 0 Å². The predicted octanol–water partition coefficient (Wildman–Crippen LogP) is 3.69. The summed E-state index contributed by atoms with van der Waals surface area (Å²) in [5.41, 5.74) is 0.636. The van der Waals surface area contributed by atoms with Gasteiger partial charge < -0.3 is 14.6 Å². The van der Waals surface area contributed by atoms with Crippen LogP contribution < -0.4 is 0 Å². The van der Waals surface area contributed by atoms with Crippen molar-refractivity contribution in [2.75, 3.05) is 18.8 Å². The zero-order chi connectivity index (χ0) is 19.7. The third-order valence-corrected chi connectivity index (χ3v) is 6.28. The lowest BCUT2D eigenvalue weighted by Crippen LogP contribution is -2.40. The van der Waals surface area contributed by atoms with Gasteiger partial charge in [0.2, 0.25) is 5.91 Å². The number of aromatic hydroxyl groups is 1. The quantitative estimate of drug-likeness (QED) is 0.681. The standard InChI is InChI=1S/C21H24N4O2S/c1-14-6-5-9-25(12-14)19(27)13-28-21-23-22-20(24(21)2)17-10-15-7-3-4-8-16(15)11-18(17)26/h3-4,7-8,10-11,14,26H,5-6,9,12-13H2,1-2H3. The van der Waals surface area contributed by atoms with E-state index in [0.29, 0.717) is 28.2 Å². The number of benzene rings is 2. The van der Waals surface area contributed by atoms with E-state index >= 15 is 0 Å². The summed E-state index contributed by atoms with van der Waals surface area (Å²) in [4.78, 5) is 14.5. The second-order valence-electron chi connectivity index (χ2n) is 7.46. The first-order valence-electron chi connectivity index (χ1n) is 9.55. The number of carbonyl (C=O) groups is 1. The molecule has 0 radical (unpaired) electrons. The molecule has 4 rings (SSSR count). The van der Waals surface area contributed by atoms with Crippen molar-refractivity contribution in [1.29, 1.82) is 0 Å². The molecule has 1 aliphatic rings. The van der Waals surface area contributed by atoms with Crippen LogP contribution in [0.3, 0.4) is 0 Å². The van der Waals surface area contributed by atoms with Crippen LogP contribution in [-0.2, 0) is 11.8 Å². The zero-order valence-corrected chi connectivity index (χ0v) is 16.9. The second-order valence-corrected chi connectivity index (χ2v) is 8.40. The maximum atomic E-state index is 12.5. The van der Waals surface area contributed by atoms with Crippen LogP contribution in [0.4, 0.5) is 0 Å². The minimum Gasteiger partial charge on any atom is -0.507 e. The number of hydrogen-bond donors (Lipinski definition) is 1. The fourth-order valence-electron chi connectivity index (χ4n) is 3.72. The lowest BCUT2D eigenvalue weighted by atomic mass is 10.0. The Balaban J connectivity index is 1.52. The SMILES string of the molecule is CC1CCCN(C(=O)CSc2nnc(-c3cc4ccccc4cc3O)n2C)C1. The minimum absolute atomic E-state index is 0.148. The summed E-state index contributed by atoms with van der Waals surface area (Å²) in [6.45, 7) is 3.88. The van der Waals surface area contributed by atoms with Crippen molar-refractivity contribution in [2.45, 2.75) is 24.9 Å². The van der Waals surface area contributed by atoms with Crippen molar-refractivity contribution in [3.63, 3.8) is 0 Å². The Morgan fingerprint density at radius 3 is 2.75 bits per heavy atom. The van der Waals surface area contributed by atoms with E-state index in [9.17, 15) is 9.90 Å². The molecule has 1 fully saturated rings. The maximum Gasteiger partial charge on any atom is 0.233 e. The zero-order valence-electron chi connectivity index (χ0n) is 16.1. The first-order chi connectivity index (χ1) is 13.5. The Labute approximate surface area is 168 Å². The fourth-order valence-corrected chi connectivity index (χ4v) is 4.53. The smallest absolute Gasteiger partial charge is 0.233 e. The van der Waals surface area contributed by atoms with Gasteiger partial charge in [-0.2, -0.15) is 0 Å². The number of aromatic nitrogens is 3. The summed E-state index contributed by atoms with van der Waals surface area (Å²) in [7, 11) is 1.86. The third kappa shape index (κ3) is 3.71. The molecule has 1 N–H and O–H groups in total. The van der Waals surface area contributed by atoms with Gasteiger partial charge in [-0.25, -0.2) is 0 Å².